The third-order valence-electron chi connectivity index (χ3n) is 9.24. The SMILES string of the molecule is CCS(=O)(=O)c1ccc(Cl)cc1Cn1cnc2c(Cl)c(CN3CCC[C@H](N(CCCC(=O)OC(C)(C)C)CCNC(=O)OC(C)(C)C)C3)c(C(F)(F)F)cc2c1=O. The van der Waals surface area contributed by atoms with Crippen molar-refractivity contribution < 1.29 is 40.7 Å². The highest BCUT2D eigenvalue weighted by Crippen LogP contribution is 2.39. The van der Waals surface area contributed by atoms with E-state index in [9.17, 15) is 36.0 Å². The van der Waals surface area contributed by atoms with Crippen LogP contribution in [0.4, 0.5) is 18.0 Å². The zero-order chi connectivity index (χ0) is 42.5. The predicted molar refractivity (Wildman–Crippen MR) is 213 cm³/mol. The number of alkyl carbamates (subject to hydrolysis) is 1. The molecule has 4 rings (SSSR count). The zero-order valence-corrected chi connectivity index (χ0v) is 35.7. The number of piperidine rings is 1. The van der Waals surface area contributed by atoms with Gasteiger partial charge < -0.3 is 14.8 Å². The van der Waals surface area contributed by atoms with Crippen LogP contribution in [-0.4, -0.2) is 95.6 Å². The van der Waals surface area contributed by atoms with Gasteiger partial charge in [-0.15, -0.1) is 0 Å². The maximum absolute atomic E-state index is 14.8. The second-order valence-electron chi connectivity index (χ2n) is 16.1. The van der Waals surface area contributed by atoms with Gasteiger partial charge in [0.05, 0.1) is 45.0 Å². The Balaban J connectivity index is 1.61. The second kappa shape index (κ2) is 18.6. The van der Waals surface area contributed by atoms with Crippen molar-refractivity contribution in [3.8, 4) is 0 Å². The molecule has 1 atom stereocenters. The molecule has 2 heterocycles. The van der Waals surface area contributed by atoms with Crippen LogP contribution in [0.15, 0.2) is 40.3 Å². The molecular weight excluding hydrogens is 810 g/mol. The number of hydrogen-bond acceptors (Lipinski definition) is 10. The van der Waals surface area contributed by atoms with Gasteiger partial charge in [-0.2, -0.15) is 13.2 Å². The fraction of sp³-hybridized carbons (Fsp3) is 0.590. The number of amides is 1. The van der Waals surface area contributed by atoms with Crippen LogP contribution in [0.1, 0.15) is 90.8 Å². The minimum Gasteiger partial charge on any atom is -0.460 e. The predicted octanol–water partition coefficient (Wildman–Crippen LogP) is 7.48. The normalized spacial score (nSPS) is 15.9. The lowest BCUT2D eigenvalue weighted by molar-refractivity contribution is -0.155. The summed E-state index contributed by atoms with van der Waals surface area (Å²) in [7, 11) is -3.72. The van der Waals surface area contributed by atoms with Crippen molar-refractivity contribution in [1.29, 1.82) is 0 Å². The summed E-state index contributed by atoms with van der Waals surface area (Å²) in [5.41, 5.74) is -3.39. The summed E-state index contributed by atoms with van der Waals surface area (Å²) in [6.07, 6.45) is -2.32. The monoisotopic (exact) mass is 861 g/mol. The maximum atomic E-state index is 14.8. The lowest BCUT2D eigenvalue weighted by Gasteiger charge is -2.40. The van der Waals surface area contributed by atoms with Gasteiger partial charge in [-0.1, -0.05) is 30.1 Å². The highest BCUT2D eigenvalue weighted by Gasteiger charge is 2.37. The molecule has 2 aromatic carbocycles. The van der Waals surface area contributed by atoms with Crippen LogP contribution in [0.25, 0.3) is 10.9 Å². The molecule has 0 radical (unpaired) electrons. The van der Waals surface area contributed by atoms with E-state index in [1.807, 2.05) is 4.90 Å². The van der Waals surface area contributed by atoms with Crippen molar-refractivity contribution in [2.75, 3.05) is 38.5 Å². The molecule has 0 unspecified atom stereocenters. The maximum Gasteiger partial charge on any atom is 0.416 e. The van der Waals surface area contributed by atoms with E-state index in [-0.39, 0.29) is 80.8 Å². The molecule has 316 valence electrons. The Hall–Kier alpha value is -3.44. The molecule has 1 fully saturated rings. The zero-order valence-electron chi connectivity index (χ0n) is 33.4. The number of nitrogens with one attached hydrogen (secondary N) is 1. The highest BCUT2D eigenvalue weighted by atomic mass is 35.5. The average molecular weight is 863 g/mol. The quantitative estimate of drug-likeness (QED) is 0.162. The number of rotatable bonds is 14. The first-order valence-electron chi connectivity index (χ1n) is 18.8. The van der Waals surface area contributed by atoms with Gasteiger partial charge in [0.25, 0.3) is 5.56 Å². The molecule has 0 bridgehead atoms. The van der Waals surface area contributed by atoms with Gasteiger partial charge in [-0.3, -0.25) is 24.0 Å². The van der Waals surface area contributed by atoms with E-state index in [0.29, 0.717) is 39.0 Å². The van der Waals surface area contributed by atoms with E-state index in [4.69, 9.17) is 32.7 Å². The van der Waals surface area contributed by atoms with Crippen LogP contribution in [0.5, 0.6) is 0 Å². The van der Waals surface area contributed by atoms with Gasteiger partial charge in [0, 0.05) is 43.7 Å². The van der Waals surface area contributed by atoms with Crippen molar-refractivity contribution in [3.05, 3.63) is 67.7 Å². The number of sulfone groups is 1. The fourth-order valence-corrected chi connectivity index (χ4v) is 8.36. The standard InChI is InChI=1S/C39H52Cl2F3N5O7S/c1-8-57(53,54)31-14-13-26(40)19-25(31)21-49-24-46-34-28(35(49)51)20-30(39(42,43)44)29(33(34)41)23-47-16-9-11-27(22-47)48(17-10-12-32(50)55-37(2,3)4)18-15-45-36(52)56-38(5,6)7/h13-14,19-20,24,27H,8-12,15-18,21-23H2,1-7H3,(H,45,52)/t27-/m0/s1. The molecule has 12 nitrogen and oxygen atoms in total. The Morgan fingerprint density at radius 3 is 2.33 bits per heavy atom. The first-order valence-corrected chi connectivity index (χ1v) is 21.2. The number of hydrogen-bond donors (Lipinski definition) is 1. The molecular formula is C39H52Cl2F3N5O7S. The van der Waals surface area contributed by atoms with Gasteiger partial charge in [0.1, 0.15) is 11.2 Å². The van der Waals surface area contributed by atoms with E-state index in [0.717, 1.165) is 23.4 Å². The number of esters is 1. The molecule has 0 saturated carbocycles. The topological polar surface area (TPSA) is 140 Å². The summed E-state index contributed by atoms with van der Waals surface area (Å²) >= 11 is 12.9. The van der Waals surface area contributed by atoms with Crippen LogP contribution in [0.2, 0.25) is 10.0 Å². The Morgan fingerprint density at radius 1 is 1.02 bits per heavy atom. The number of carbonyl (C=O) groups excluding carboxylic acids is 2. The first-order chi connectivity index (χ1) is 26.4. The number of aromatic nitrogens is 2. The number of likely N-dealkylation sites (tertiary alicyclic amines) is 1. The summed E-state index contributed by atoms with van der Waals surface area (Å²) in [5, 5.41) is 2.30. The largest absolute Gasteiger partial charge is 0.460 e. The van der Waals surface area contributed by atoms with Gasteiger partial charge in [-0.05, 0) is 109 Å². The van der Waals surface area contributed by atoms with Gasteiger partial charge in [0.15, 0.2) is 9.84 Å². The third-order valence-corrected chi connectivity index (χ3v) is 11.7. The van der Waals surface area contributed by atoms with E-state index in [2.05, 4.69) is 15.2 Å². The smallest absolute Gasteiger partial charge is 0.416 e. The molecule has 3 aromatic rings. The summed E-state index contributed by atoms with van der Waals surface area (Å²) < 4.78 is 81.8. The molecule has 57 heavy (non-hydrogen) atoms. The van der Waals surface area contributed by atoms with Gasteiger partial charge in [-0.25, -0.2) is 18.2 Å². The Morgan fingerprint density at radius 2 is 1.70 bits per heavy atom. The van der Waals surface area contributed by atoms with Crippen LogP contribution in [0, 0.1) is 0 Å². The molecule has 1 aliphatic rings. The molecule has 1 N–H and O–H groups in total. The van der Waals surface area contributed by atoms with E-state index in [1.54, 1.807) is 41.5 Å². The molecule has 1 aromatic heterocycles. The number of ether oxygens (including phenoxy) is 2. The number of fused-ring (bicyclic) bond motifs is 1. The van der Waals surface area contributed by atoms with Crippen LogP contribution >= 0.6 is 23.2 Å². The fourth-order valence-electron chi connectivity index (χ4n) is 6.75. The molecule has 0 aliphatic carbocycles. The average Bonchev–Trinajstić information content (AvgIpc) is 3.08. The third kappa shape index (κ3) is 13.0. The molecule has 18 heteroatoms. The first kappa shape index (κ1) is 46.3. The molecule has 1 saturated heterocycles. The minimum atomic E-state index is -4.88. The van der Waals surface area contributed by atoms with Crippen molar-refractivity contribution in [1.82, 2.24) is 24.7 Å². The van der Waals surface area contributed by atoms with Gasteiger partial charge in [0.2, 0.25) is 0 Å². The Kier molecular flexibility index (Phi) is 15.1. The van der Waals surface area contributed by atoms with Crippen molar-refractivity contribution >= 4 is 56.0 Å². The van der Waals surface area contributed by atoms with Crippen LogP contribution < -0.4 is 10.9 Å². The lowest BCUT2D eigenvalue weighted by Crippen LogP contribution is -2.50. The summed E-state index contributed by atoms with van der Waals surface area (Å²) in [6, 6.07) is 4.76. The number of nitrogens with zero attached hydrogens (tertiary/aromatic N) is 4. The lowest BCUT2D eigenvalue weighted by atomic mass is 9.99. The number of benzene rings is 2. The van der Waals surface area contributed by atoms with E-state index in [1.165, 1.54) is 25.1 Å². The summed E-state index contributed by atoms with van der Waals surface area (Å²) in [5.74, 6) is -0.557. The van der Waals surface area contributed by atoms with Crippen LogP contribution in [0.3, 0.4) is 0 Å². The van der Waals surface area contributed by atoms with Crippen molar-refractivity contribution in [3.63, 3.8) is 0 Å². The number of carbonyl (C=O) groups is 2. The minimum absolute atomic E-state index is 0.0495. The van der Waals surface area contributed by atoms with Crippen molar-refractivity contribution in [2.45, 2.75) is 116 Å². The van der Waals surface area contributed by atoms with E-state index < -0.39 is 44.4 Å². The highest BCUT2D eigenvalue weighted by molar-refractivity contribution is 7.91. The van der Waals surface area contributed by atoms with Gasteiger partial charge >= 0.3 is 18.2 Å². The van der Waals surface area contributed by atoms with Crippen molar-refractivity contribution in [2.24, 2.45) is 0 Å². The number of alkyl halides is 3. The second-order valence-corrected chi connectivity index (χ2v) is 19.2. The van der Waals surface area contributed by atoms with E-state index >= 15 is 0 Å². The molecule has 1 aliphatic heterocycles. The number of halogens is 5. The molecule has 0 spiro atoms. The van der Waals surface area contributed by atoms with Crippen LogP contribution in [-0.2, 0) is 43.4 Å². The summed E-state index contributed by atoms with van der Waals surface area (Å²) in [6.45, 7) is 13.5. The summed E-state index contributed by atoms with van der Waals surface area (Å²) in [4.78, 5) is 46.8. The Labute approximate surface area is 341 Å². The molecule has 1 amide bonds. The Bertz CT molecular complexity index is 2070.